The number of carbonyl (C=O) groups excluding carboxylic acids is 1. The summed E-state index contributed by atoms with van der Waals surface area (Å²) in [5, 5.41) is 0. The number of primary amides is 1. The fourth-order valence-electron chi connectivity index (χ4n) is 3.05. The molecule has 1 saturated heterocycles. The number of carbonyl (C=O) groups is 1. The second kappa shape index (κ2) is 6.33. The SMILES string of the molecule is NC(=O)C[n+]1c(N)n(CC[NH+]2CCOCC2)c2ccccc21. The standard InChI is InChI=1S/C15H21N5O2/c16-14(21)11-20-13-4-2-1-3-12(13)19(15(20)17)6-5-18-7-9-22-10-8-18/h1-4,17H,5-11H2,(H2,16,21)/p+2. The number of nitrogen functional groups attached to an aromatic ring is 1. The van der Waals surface area contributed by atoms with Crippen molar-refractivity contribution in [3.63, 3.8) is 0 Å². The van der Waals surface area contributed by atoms with Gasteiger partial charge in [0.25, 0.3) is 5.91 Å². The summed E-state index contributed by atoms with van der Waals surface area (Å²) in [5.41, 5.74) is 13.6. The molecule has 2 heterocycles. The van der Waals surface area contributed by atoms with Crippen LogP contribution in [0.1, 0.15) is 0 Å². The molecule has 0 radical (unpaired) electrons. The van der Waals surface area contributed by atoms with Crippen LogP contribution in [0.3, 0.4) is 0 Å². The third-order valence-corrected chi connectivity index (χ3v) is 4.22. The van der Waals surface area contributed by atoms with Gasteiger partial charge in [0.15, 0.2) is 6.54 Å². The number of amides is 1. The van der Waals surface area contributed by atoms with Crippen LogP contribution in [0.4, 0.5) is 5.95 Å². The van der Waals surface area contributed by atoms with E-state index in [0.717, 1.165) is 50.4 Å². The summed E-state index contributed by atoms with van der Waals surface area (Å²) >= 11 is 0. The lowest BCUT2D eigenvalue weighted by molar-refractivity contribution is -0.908. The highest BCUT2D eigenvalue weighted by atomic mass is 16.5. The normalized spacial score (nSPS) is 16.2. The van der Waals surface area contributed by atoms with Crippen LogP contribution in [0, 0.1) is 0 Å². The Balaban J connectivity index is 1.87. The minimum atomic E-state index is -0.390. The van der Waals surface area contributed by atoms with Crippen molar-refractivity contribution in [1.82, 2.24) is 4.57 Å². The number of imidazole rings is 1. The first-order chi connectivity index (χ1) is 10.7. The molecule has 0 atom stereocenters. The average molecular weight is 305 g/mol. The number of para-hydroxylation sites is 2. The van der Waals surface area contributed by atoms with Gasteiger partial charge in [0.1, 0.15) is 37.2 Å². The summed E-state index contributed by atoms with van der Waals surface area (Å²) in [4.78, 5) is 12.8. The number of ether oxygens (including phenoxy) is 1. The molecule has 0 unspecified atom stereocenters. The third kappa shape index (κ3) is 2.90. The highest BCUT2D eigenvalue weighted by Crippen LogP contribution is 2.15. The second-order valence-electron chi connectivity index (χ2n) is 5.66. The number of quaternary nitrogens is 1. The maximum absolute atomic E-state index is 11.3. The highest BCUT2D eigenvalue weighted by Gasteiger charge is 2.23. The number of nitrogens with one attached hydrogen (secondary N) is 1. The molecule has 0 saturated carbocycles. The topological polar surface area (TPSA) is 91.6 Å². The number of rotatable bonds is 5. The van der Waals surface area contributed by atoms with Gasteiger partial charge in [-0.3, -0.25) is 10.5 Å². The van der Waals surface area contributed by atoms with E-state index < -0.39 is 5.91 Å². The molecule has 1 aromatic heterocycles. The van der Waals surface area contributed by atoms with Crippen molar-refractivity contribution in [2.45, 2.75) is 13.1 Å². The predicted molar refractivity (Wildman–Crippen MR) is 82.1 cm³/mol. The maximum Gasteiger partial charge on any atom is 0.356 e. The van der Waals surface area contributed by atoms with Crippen molar-refractivity contribution in [3.8, 4) is 0 Å². The van der Waals surface area contributed by atoms with Crippen molar-refractivity contribution >= 4 is 22.9 Å². The van der Waals surface area contributed by atoms with Crippen molar-refractivity contribution in [2.75, 3.05) is 38.6 Å². The molecule has 1 amide bonds. The number of anilines is 1. The summed E-state index contributed by atoms with van der Waals surface area (Å²) in [6.45, 7) is 5.60. The third-order valence-electron chi connectivity index (χ3n) is 4.22. The van der Waals surface area contributed by atoms with Gasteiger partial charge in [-0.15, -0.1) is 0 Å². The Morgan fingerprint density at radius 1 is 1.32 bits per heavy atom. The molecule has 1 aliphatic rings. The Hall–Kier alpha value is -2.12. The van der Waals surface area contributed by atoms with Crippen LogP contribution in [-0.4, -0.2) is 43.3 Å². The Morgan fingerprint density at radius 3 is 2.77 bits per heavy atom. The zero-order valence-corrected chi connectivity index (χ0v) is 12.6. The van der Waals surface area contributed by atoms with Crippen LogP contribution in [0.15, 0.2) is 24.3 Å². The van der Waals surface area contributed by atoms with Crippen molar-refractivity contribution in [1.29, 1.82) is 0 Å². The minimum absolute atomic E-state index is 0.101. The molecule has 0 spiro atoms. The van der Waals surface area contributed by atoms with Gasteiger partial charge in [0, 0.05) is 0 Å². The number of benzene rings is 1. The number of hydrogen-bond acceptors (Lipinski definition) is 3. The molecule has 0 bridgehead atoms. The van der Waals surface area contributed by atoms with E-state index in [1.54, 1.807) is 4.57 Å². The molecule has 1 aliphatic heterocycles. The zero-order chi connectivity index (χ0) is 15.5. The van der Waals surface area contributed by atoms with E-state index in [-0.39, 0.29) is 6.54 Å². The van der Waals surface area contributed by atoms with Gasteiger partial charge in [0.2, 0.25) is 0 Å². The first-order valence-corrected chi connectivity index (χ1v) is 7.63. The molecule has 0 aliphatic carbocycles. The van der Waals surface area contributed by atoms with E-state index in [0.29, 0.717) is 5.95 Å². The molecule has 1 fully saturated rings. The van der Waals surface area contributed by atoms with Gasteiger partial charge in [-0.25, -0.2) is 9.13 Å². The van der Waals surface area contributed by atoms with Crippen molar-refractivity contribution in [3.05, 3.63) is 24.3 Å². The molecule has 5 N–H and O–H groups in total. The van der Waals surface area contributed by atoms with E-state index in [1.807, 2.05) is 24.3 Å². The van der Waals surface area contributed by atoms with Crippen LogP contribution in [0.2, 0.25) is 0 Å². The van der Waals surface area contributed by atoms with Gasteiger partial charge in [-0.2, -0.15) is 0 Å². The van der Waals surface area contributed by atoms with Crippen LogP contribution < -0.4 is 20.9 Å². The number of hydrogen-bond donors (Lipinski definition) is 3. The molecule has 3 rings (SSSR count). The Kier molecular flexibility index (Phi) is 4.26. The molecular weight excluding hydrogens is 282 g/mol. The first kappa shape index (κ1) is 14.8. The summed E-state index contributed by atoms with van der Waals surface area (Å²) in [5.74, 6) is 0.186. The fourth-order valence-corrected chi connectivity index (χ4v) is 3.05. The van der Waals surface area contributed by atoms with Gasteiger partial charge in [0.05, 0.1) is 13.2 Å². The van der Waals surface area contributed by atoms with Gasteiger partial charge in [-0.1, -0.05) is 12.1 Å². The summed E-state index contributed by atoms with van der Waals surface area (Å²) in [6.07, 6.45) is 0. The summed E-state index contributed by atoms with van der Waals surface area (Å²) < 4.78 is 9.24. The predicted octanol–water partition coefficient (Wildman–Crippen LogP) is -2.09. The van der Waals surface area contributed by atoms with Crippen LogP contribution in [0.5, 0.6) is 0 Å². The molecule has 7 heteroatoms. The van der Waals surface area contributed by atoms with E-state index >= 15 is 0 Å². The summed E-state index contributed by atoms with van der Waals surface area (Å²) in [7, 11) is 0. The number of fused-ring (bicyclic) bond motifs is 1. The minimum Gasteiger partial charge on any atom is -0.370 e. The smallest absolute Gasteiger partial charge is 0.356 e. The fraction of sp³-hybridized carbons (Fsp3) is 0.467. The lowest BCUT2D eigenvalue weighted by Gasteiger charge is -2.23. The first-order valence-electron chi connectivity index (χ1n) is 7.63. The molecule has 22 heavy (non-hydrogen) atoms. The number of morpholine rings is 1. The second-order valence-corrected chi connectivity index (χ2v) is 5.66. The van der Waals surface area contributed by atoms with E-state index in [4.69, 9.17) is 16.2 Å². The zero-order valence-electron chi connectivity index (χ0n) is 12.6. The lowest BCUT2D eigenvalue weighted by Crippen LogP contribution is -3.14. The van der Waals surface area contributed by atoms with Gasteiger partial charge < -0.3 is 15.4 Å². The van der Waals surface area contributed by atoms with Crippen molar-refractivity contribution < 1.29 is 19.0 Å². The molecule has 2 aromatic rings. The molecule has 118 valence electrons. The monoisotopic (exact) mass is 305 g/mol. The quantitative estimate of drug-likeness (QED) is 0.553. The van der Waals surface area contributed by atoms with E-state index in [9.17, 15) is 4.79 Å². The van der Waals surface area contributed by atoms with E-state index in [1.165, 1.54) is 4.90 Å². The average Bonchev–Trinajstić information content (AvgIpc) is 2.78. The van der Waals surface area contributed by atoms with Crippen molar-refractivity contribution in [2.24, 2.45) is 5.73 Å². The van der Waals surface area contributed by atoms with E-state index in [2.05, 4.69) is 4.57 Å². The van der Waals surface area contributed by atoms with Crippen LogP contribution >= 0.6 is 0 Å². The number of nitrogens with zero attached hydrogens (tertiary/aromatic N) is 2. The largest absolute Gasteiger partial charge is 0.370 e. The summed E-state index contributed by atoms with van der Waals surface area (Å²) in [6, 6.07) is 7.91. The number of aromatic nitrogens is 2. The number of nitrogens with two attached hydrogens (primary N) is 2. The lowest BCUT2D eigenvalue weighted by atomic mass is 10.3. The molecule has 1 aromatic carbocycles. The van der Waals surface area contributed by atoms with Gasteiger partial charge >= 0.3 is 5.95 Å². The Labute approximate surface area is 129 Å². The highest BCUT2D eigenvalue weighted by molar-refractivity contribution is 5.76. The Bertz CT molecular complexity index is 676. The maximum atomic E-state index is 11.3. The molecular formula is C15H23N5O2+2. The molecule has 7 nitrogen and oxygen atoms in total. The van der Waals surface area contributed by atoms with Crippen LogP contribution in [-0.2, 0) is 22.6 Å². The van der Waals surface area contributed by atoms with Gasteiger partial charge in [-0.05, 0) is 12.1 Å². The van der Waals surface area contributed by atoms with Crippen LogP contribution in [0.25, 0.3) is 11.0 Å². The Morgan fingerprint density at radius 2 is 2.05 bits per heavy atom.